The molecule has 0 bridgehead atoms. The molecule has 0 spiro atoms. The molecule has 0 aliphatic carbocycles. The molecule has 0 radical (unpaired) electrons. The maximum absolute atomic E-state index is 13.0. The van der Waals surface area contributed by atoms with E-state index in [1.54, 1.807) is 17.9 Å². The summed E-state index contributed by atoms with van der Waals surface area (Å²) in [5.74, 6) is -0.126. The van der Waals surface area contributed by atoms with Gasteiger partial charge in [-0.1, -0.05) is 42.5 Å². The van der Waals surface area contributed by atoms with Gasteiger partial charge in [-0.3, -0.25) is 9.48 Å². The van der Waals surface area contributed by atoms with E-state index in [0.717, 1.165) is 23.3 Å². The number of alkyl halides is 3. The van der Waals surface area contributed by atoms with Gasteiger partial charge in [0, 0.05) is 30.9 Å². The first-order valence-electron chi connectivity index (χ1n) is 9.88. The molecule has 2 aromatic carbocycles. The SMILES string of the molecule is CN(Cc1cnn(Cc2ccccc2)c1)C(=O)c1ccc(-c2cccc(C(F)(F)F)c2)o1. The molecule has 0 fully saturated rings. The third kappa shape index (κ3) is 4.91. The summed E-state index contributed by atoms with van der Waals surface area (Å²) in [6, 6.07) is 17.7. The van der Waals surface area contributed by atoms with Crippen LogP contribution in [0.4, 0.5) is 13.2 Å². The topological polar surface area (TPSA) is 51.3 Å². The number of nitrogens with zero attached hydrogens (tertiary/aromatic N) is 3. The largest absolute Gasteiger partial charge is 0.451 e. The molecule has 0 atom stereocenters. The molecule has 0 aliphatic heterocycles. The van der Waals surface area contributed by atoms with Gasteiger partial charge in [0.05, 0.1) is 18.3 Å². The van der Waals surface area contributed by atoms with Crippen LogP contribution in [0.25, 0.3) is 11.3 Å². The van der Waals surface area contributed by atoms with Crippen molar-refractivity contribution < 1.29 is 22.4 Å². The Kier molecular flexibility index (Phi) is 5.85. The maximum Gasteiger partial charge on any atom is 0.416 e. The number of aromatic nitrogens is 2. The maximum atomic E-state index is 13.0. The van der Waals surface area contributed by atoms with Crippen molar-refractivity contribution in [1.29, 1.82) is 0 Å². The molecule has 0 aliphatic rings. The second-order valence-corrected chi connectivity index (χ2v) is 7.44. The summed E-state index contributed by atoms with van der Waals surface area (Å²) in [7, 11) is 1.63. The van der Waals surface area contributed by atoms with Crippen molar-refractivity contribution in [2.24, 2.45) is 0 Å². The number of amides is 1. The summed E-state index contributed by atoms with van der Waals surface area (Å²) < 4.78 is 46.2. The van der Waals surface area contributed by atoms with Crippen LogP contribution in [-0.2, 0) is 19.3 Å². The van der Waals surface area contributed by atoms with E-state index in [0.29, 0.717) is 13.1 Å². The molecule has 5 nitrogen and oxygen atoms in total. The van der Waals surface area contributed by atoms with Crippen LogP contribution < -0.4 is 0 Å². The van der Waals surface area contributed by atoms with Gasteiger partial charge >= 0.3 is 6.18 Å². The van der Waals surface area contributed by atoms with Gasteiger partial charge in [0.25, 0.3) is 5.91 Å². The molecule has 2 aromatic heterocycles. The molecular weight excluding hydrogens is 419 g/mol. The molecule has 0 saturated heterocycles. The summed E-state index contributed by atoms with van der Waals surface area (Å²) in [6.45, 7) is 0.935. The van der Waals surface area contributed by atoms with Gasteiger partial charge in [0.15, 0.2) is 5.76 Å². The number of benzene rings is 2. The van der Waals surface area contributed by atoms with Crippen LogP contribution in [0.15, 0.2) is 83.5 Å². The predicted octanol–water partition coefficient (Wildman–Crippen LogP) is 5.48. The molecule has 2 heterocycles. The molecule has 0 N–H and O–H groups in total. The molecule has 4 aromatic rings. The van der Waals surface area contributed by atoms with E-state index >= 15 is 0 Å². The average molecular weight is 439 g/mol. The Labute approximate surface area is 182 Å². The first-order chi connectivity index (χ1) is 15.3. The number of halogens is 3. The number of carbonyl (C=O) groups is 1. The number of carbonyl (C=O) groups excluding carboxylic acids is 1. The molecule has 4 rings (SSSR count). The molecule has 8 heteroatoms. The molecule has 164 valence electrons. The minimum absolute atomic E-state index is 0.0524. The van der Waals surface area contributed by atoms with Crippen LogP contribution in [0.1, 0.15) is 27.2 Å². The third-order valence-corrected chi connectivity index (χ3v) is 4.93. The summed E-state index contributed by atoms with van der Waals surface area (Å²) in [4.78, 5) is 14.2. The zero-order chi connectivity index (χ0) is 22.7. The summed E-state index contributed by atoms with van der Waals surface area (Å²) in [6.07, 6.45) is -0.887. The Hall–Kier alpha value is -3.81. The lowest BCUT2D eigenvalue weighted by Crippen LogP contribution is -2.25. The molecular formula is C24H20F3N3O2. The van der Waals surface area contributed by atoms with Gasteiger partial charge in [-0.15, -0.1) is 0 Å². The van der Waals surface area contributed by atoms with Gasteiger partial charge in [-0.2, -0.15) is 18.3 Å². The van der Waals surface area contributed by atoms with Crippen molar-refractivity contribution in [2.45, 2.75) is 19.3 Å². The third-order valence-electron chi connectivity index (χ3n) is 4.93. The zero-order valence-electron chi connectivity index (χ0n) is 17.2. The van der Waals surface area contributed by atoms with Crippen molar-refractivity contribution in [1.82, 2.24) is 14.7 Å². The first-order valence-corrected chi connectivity index (χ1v) is 9.88. The number of furan rings is 1. The van der Waals surface area contributed by atoms with Crippen molar-refractivity contribution in [3.63, 3.8) is 0 Å². The fourth-order valence-electron chi connectivity index (χ4n) is 3.34. The second kappa shape index (κ2) is 8.74. The lowest BCUT2D eigenvalue weighted by atomic mass is 10.1. The van der Waals surface area contributed by atoms with E-state index in [2.05, 4.69) is 5.10 Å². The van der Waals surface area contributed by atoms with Gasteiger partial charge in [0.2, 0.25) is 0 Å². The Morgan fingerprint density at radius 1 is 1.03 bits per heavy atom. The van der Waals surface area contributed by atoms with Crippen LogP contribution in [0.3, 0.4) is 0 Å². The van der Waals surface area contributed by atoms with Gasteiger partial charge in [-0.25, -0.2) is 0 Å². The molecule has 32 heavy (non-hydrogen) atoms. The van der Waals surface area contributed by atoms with E-state index in [4.69, 9.17) is 4.42 Å². The van der Waals surface area contributed by atoms with Crippen molar-refractivity contribution in [3.05, 3.63) is 102 Å². The minimum Gasteiger partial charge on any atom is -0.451 e. The minimum atomic E-state index is -4.45. The van der Waals surface area contributed by atoms with Crippen LogP contribution >= 0.6 is 0 Å². The summed E-state index contributed by atoms with van der Waals surface area (Å²) in [5.41, 5.74) is 1.44. The lowest BCUT2D eigenvalue weighted by molar-refractivity contribution is -0.137. The highest BCUT2D eigenvalue weighted by atomic mass is 19.4. The van der Waals surface area contributed by atoms with Crippen molar-refractivity contribution in [3.8, 4) is 11.3 Å². The highest BCUT2D eigenvalue weighted by molar-refractivity contribution is 5.91. The number of hydrogen-bond acceptors (Lipinski definition) is 3. The Morgan fingerprint density at radius 2 is 1.81 bits per heavy atom. The van der Waals surface area contributed by atoms with Gasteiger partial charge < -0.3 is 9.32 Å². The fraction of sp³-hybridized carbons (Fsp3) is 0.167. The van der Waals surface area contributed by atoms with E-state index in [9.17, 15) is 18.0 Å². The lowest BCUT2D eigenvalue weighted by Gasteiger charge is -2.14. The summed E-state index contributed by atoms with van der Waals surface area (Å²) >= 11 is 0. The van der Waals surface area contributed by atoms with Crippen LogP contribution in [0.2, 0.25) is 0 Å². The van der Waals surface area contributed by atoms with Crippen LogP contribution in [-0.4, -0.2) is 27.6 Å². The fourth-order valence-corrected chi connectivity index (χ4v) is 3.34. The van der Waals surface area contributed by atoms with Crippen molar-refractivity contribution in [2.75, 3.05) is 7.05 Å². The average Bonchev–Trinajstić information content (AvgIpc) is 3.43. The Bertz CT molecular complexity index is 1210. The molecule has 0 unspecified atom stereocenters. The van der Waals surface area contributed by atoms with E-state index in [-0.39, 0.29) is 23.0 Å². The quantitative estimate of drug-likeness (QED) is 0.400. The van der Waals surface area contributed by atoms with E-state index < -0.39 is 11.7 Å². The molecule has 1 amide bonds. The standard InChI is InChI=1S/C24H20F3N3O2/c1-29(14-18-13-28-30(16-18)15-17-6-3-2-4-7-17)23(31)22-11-10-21(32-22)19-8-5-9-20(12-19)24(25,26)27/h2-13,16H,14-15H2,1H3. The Balaban J connectivity index is 1.43. The van der Waals surface area contributed by atoms with Gasteiger partial charge in [-0.05, 0) is 29.8 Å². The highest BCUT2D eigenvalue weighted by Gasteiger charge is 2.30. The van der Waals surface area contributed by atoms with Crippen LogP contribution in [0.5, 0.6) is 0 Å². The van der Waals surface area contributed by atoms with E-state index in [1.807, 2.05) is 36.5 Å². The number of rotatable bonds is 6. The predicted molar refractivity (Wildman–Crippen MR) is 113 cm³/mol. The summed E-state index contributed by atoms with van der Waals surface area (Å²) in [5, 5.41) is 4.33. The smallest absolute Gasteiger partial charge is 0.416 e. The van der Waals surface area contributed by atoms with E-state index in [1.165, 1.54) is 29.2 Å². The molecule has 0 saturated carbocycles. The monoisotopic (exact) mass is 439 g/mol. The highest BCUT2D eigenvalue weighted by Crippen LogP contribution is 2.32. The second-order valence-electron chi connectivity index (χ2n) is 7.44. The van der Waals surface area contributed by atoms with Crippen LogP contribution in [0, 0.1) is 0 Å². The number of hydrogen-bond donors (Lipinski definition) is 0. The zero-order valence-corrected chi connectivity index (χ0v) is 17.2. The Morgan fingerprint density at radius 3 is 2.56 bits per heavy atom. The van der Waals surface area contributed by atoms with Gasteiger partial charge in [0.1, 0.15) is 5.76 Å². The normalized spacial score (nSPS) is 11.5. The van der Waals surface area contributed by atoms with Crippen molar-refractivity contribution >= 4 is 5.91 Å². The first kappa shape index (κ1) is 21.4.